The van der Waals surface area contributed by atoms with E-state index in [9.17, 15) is 14.9 Å². The summed E-state index contributed by atoms with van der Waals surface area (Å²) in [5.41, 5.74) is 0.589. The Kier molecular flexibility index (Phi) is 4.57. The maximum absolute atomic E-state index is 12.6. The van der Waals surface area contributed by atoms with Crippen molar-refractivity contribution in [3.63, 3.8) is 0 Å². The summed E-state index contributed by atoms with van der Waals surface area (Å²) >= 11 is 0. The maximum atomic E-state index is 12.6. The number of carbonyl (C=O) groups excluding carboxylic acids is 1. The Bertz CT molecular complexity index is 758. The molecule has 0 radical (unpaired) electrons. The quantitative estimate of drug-likeness (QED) is 0.679. The summed E-state index contributed by atoms with van der Waals surface area (Å²) < 4.78 is 1.38. The lowest BCUT2D eigenvalue weighted by atomic mass is 10.1. The molecule has 0 aliphatic carbocycles. The number of nitro benzene ring substituents is 1. The Labute approximate surface area is 139 Å². The zero-order valence-electron chi connectivity index (χ0n) is 13.4. The Morgan fingerprint density at radius 1 is 1.38 bits per heavy atom. The van der Waals surface area contributed by atoms with E-state index in [1.807, 2.05) is 7.05 Å². The SMILES string of the molecule is CNC1CCCN(C(=O)c2ccn(-c3ccccc3[N+](=O)[O-])n2)C1. The van der Waals surface area contributed by atoms with E-state index in [1.54, 1.807) is 35.4 Å². The van der Waals surface area contributed by atoms with Gasteiger partial charge in [0.1, 0.15) is 5.69 Å². The monoisotopic (exact) mass is 329 g/mol. The molecule has 2 heterocycles. The molecule has 1 fully saturated rings. The normalized spacial score (nSPS) is 17.7. The van der Waals surface area contributed by atoms with Gasteiger partial charge in [-0.05, 0) is 32.0 Å². The highest BCUT2D eigenvalue weighted by Gasteiger charge is 2.25. The highest BCUT2D eigenvalue weighted by Crippen LogP contribution is 2.22. The number of para-hydroxylation sites is 2. The van der Waals surface area contributed by atoms with Crippen molar-refractivity contribution in [1.29, 1.82) is 0 Å². The number of hydrogen-bond acceptors (Lipinski definition) is 5. The molecular weight excluding hydrogens is 310 g/mol. The van der Waals surface area contributed by atoms with Crippen LogP contribution in [0.5, 0.6) is 0 Å². The summed E-state index contributed by atoms with van der Waals surface area (Å²) in [5.74, 6) is -0.146. The van der Waals surface area contributed by atoms with Gasteiger partial charge in [-0.25, -0.2) is 4.68 Å². The van der Waals surface area contributed by atoms with E-state index >= 15 is 0 Å². The molecule has 1 aliphatic heterocycles. The molecule has 1 saturated heterocycles. The minimum absolute atomic E-state index is 0.0483. The van der Waals surface area contributed by atoms with Crippen LogP contribution in [-0.2, 0) is 0 Å². The van der Waals surface area contributed by atoms with Crippen LogP contribution in [-0.4, -0.2) is 51.7 Å². The average Bonchev–Trinajstić information content (AvgIpc) is 3.11. The van der Waals surface area contributed by atoms with Crippen LogP contribution in [0.1, 0.15) is 23.3 Å². The summed E-state index contributed by atoms with van der Waals surface area (Å²) in [6.45, 7) is 1.35. The van der Waals surface area contributed by atoms with Gasteiger partial charge < -0.3 is 10.2 Å². The largest absolute Gasteiger partial charge is 0.336 e. The average molecular weight is 329 g/mol. The van der Waals surface area contributed by atoms with Gasteiger partial charge in [-0.15, -0.1) is 0 Å². The zero-order chi connectivity index (χ0) is 17.1. The molecule has 24 heavy (non-hydrogen) atoms. The van der Waals surface area contributed by atoms with Crippen LogP contribution >= 0.6 is 0 Å². The summed E-state index contributed by atoms with van der Waals surface area (Å²) in [5, 5.41) is 18.6. The van der Waals surface area contributed by atoms with Gasteiger partial charge in [0.15, 0.2) is 5.69 Å². The number of hydrogen-bond donors (Lipinski definition) is 1. The summed E-state index contributed by atoms with van der Waals surface area (Å²) in [6, 6.07) is 8.22. The number of likely N-dealkylation sites (N-methyl/N-ethyl adjacent to an activating group) is 1. The Hall–Kier alpha value is -2.74. The molecule has 1 unspecified atom stereocenters. The molecule has 0 spiro atoms. The molecule has 126 valence electrons. The molecule has 8 nitrogen and oxygen atoms in total. The maximum Gasteiger partial charge on any atom is 0.294 e. The summed E-state index contributed by atoms with van der Waals surface area (Å²) in [7, 11) is 1.89. The number of nitrogens with one attached hydrogen (secondary N) is 1. The number of likely N-dealkylation sites (tertiary alicyclic amines) is 1. The fourth-order valence-electron chi connectivity index (χ4n) is 2.94. The van der Waals surface area contributed by atoms with Crippen molar-refractivity contribution in [2.75, 3.05) is 20.1 Å². The molecule has 2 aromatic rings. The molecule has 1 aromatic heterocycles. The van der Waals surface area contributed by atoms with Gasteiger partial charge in [-0.1, -0.05) is 12.1 Å². The second kappa shape index (κ2) is 6.79. The molecule has 1 amide bonds. The Morgan fingerprint density at radius 2 is 2.17 bits per heavy atom. The van der Waals surface area contributed by atoms with Crippen LogP contribution in [0.3, 0.4) is 0 Å². The Morgan fingerprint density at radius 3 is 2.92 bits per heavy atom. The van der Waals surface area contributed by atoms with Crippen LogP contribution in [0.2, 0.25) is 0 Å². The van der Waals surface area contributed by atoms with Gasteiger partial charge in [0, 0.05) is 31.4 Å². The van der Waals surface area contributed by atoms with Crippen LogP contribution in [0.4, 0.5) is 5.69 Å². The number of benzene rings is 1. The molecule has 0 saturated carbocycles. The zero-order valence-corrected chi connectivity index (χ0v) is 13.4. The van der Waals surface area contributed by atoms with Crippen molar-refractivity contribution in [3.8, 4) is 5.69 Å². The van der Waals surface area contributed by atoms with E-state index in [2.05, 4.69) is 10.4 Å². The summed E-state index contributed by atoms with van der Waals surface area (Å²) in [4.78, 5) is 25.1. The third-order valence-corrected chi connectivity index (χ3v) is 4.25. The van der Waals surface area contributed by atoms with Gasteiger partial charge in [0.2, 0.25) is 0 Å². The first-order valence-corrected chi connectivity index (χ1v) is 7.86. The van der Waals surface area contributed by atoms with Gasteiger partial charge in [-0.2, -0.15) is 5.10 Å². The summed E-state index contributed by atoms with van der Waals surface area (Å²) in [6.07, 6.45) is 3.57. The molecular formula is C16H19N5O3. The van der Waals surface area contributed by atoms with E-state index < -0.39 is 4.92 Å². The van der Waals surface area contributed by atoms with Gasteiger partial charge in [-0.3, -0.25) is 14.9 Å². The van der Waals surface area contributed by atoms with Gasteiger partial charge in [0.05, 0.1) is 4.92 Å². The van der Waals surface area contributed by atoms with Crippen molar-refractivity contribution in [1.82, 2.24) is 20.0 Å². The van der Waals surface area contributed by atoms with E-state index in [-0.39, 0.29) is 11.6 Å². The van der Waals surface area contributed by atoms with Crippen molar-refractivity contribution >= 4 is 11.6 Å². The van der Waals surface area contributed by atoms with E-state index in [4.69, 9.17) is 0 Å². The van der Waals surface area contributed by atoms with E-state index in [0.29, 0.717) is 30.5 Å². The fourth-order valence-corrected chi connectivity index (χ4v) is 2.94. The minimum Gasteiger partial charge on any atom is -0.336 e. The number of nitro groups is 1. The second-order valence-corrected chi connectivity index (χ2v) is 5.77. The third-order valence-electron chi connectivity index (χ3n) is 4.25. The van der Waals surface area contributed by atoms with E-state index in [0.717, 1.165) is 12.8 Å². The van der Waals surface area contributed by atoms with E-state index in [1.165, 1.54) is 10.7 Å². The molecule has 1 N–H and O–H groups in total. The lowest BCUT2D eigenvalue weighted by Gasteiger charge is -2.32. The number of carbonyl (C=O) groups is 1. The predicted molar refractivity (Wildman–Crippen MR) is 88.2 cm³/mol. The highest BCUT2D eigenvalue weighted by molar-refractivity contribution is 5.92. The van der Waals surface area contributed by atoms with Crippen LogP contribution in [0.25, 0.3) is 5.69 Å². The number of aromatic nitrogens is 2. The Balaban J connectivity index is 1.83. The first-order valence-electron chi connectivity index (χ1n) is 7.86. The number of amides is 1. The highest BCUT2D eigenvalue weighted by atomic mass is 16.6. The lowest BCUT2D eigenvalue weighted by Crippen LogP contribution is -2.47. The lowest BCUT2D eigenvalue weighted by molar-refractivity contribution is -0.384. The number of rotatable bonds is 4. The fraction of sp³-hybridized carbons (Fsp3) is 0.375. The van der Waals surface area contributed by atoms with Crippen molar-refractivity contribution in [2.24, 2.45) is 0 Å². The molecule has 1 aliphatic rings. The smallest absolute Gasteiger partial charge is 0.294 e. The topological polar surface area (TPSA) is 93.3 Å². The molecule has 3 rings (SSSR count). The molecule has 1 atom stereocenters. The predicted octanol–water partition coefficient (Wildman–Crippen LogP) is 1.60. The molecule has 0 bridgehead atoms. The first-order chi connectivity index (χ1) is 11.6. The first kappa shape index (κ1) is 16.1. The second-order valence-electron chi connectivity index (χ2n) is 5.77. The molecule has 1 aromatic carbocycles. The van der Waals surface area contributed by atoms with Crippen LogP contribution in [0.15, 0.2) is 36.5 Å². The van der Waals surface area contributed by atoms with Gasteiger partial charge >= 0.3 is 0 Å². The molecule has 8 heteroatoms. The standard InChI is InChI=1S/C16H19N5O3/c1-17-12-5-4-9-19(11-12)16(22)13-8-10-20(18-13)14-6-2-3-7-15(14)21(23)24/h2-3,6-8,10,12,17H,4-5,9,11H2,1H3. The van der Waals surface area contributed by atoms with Gasteiger partial charge in [0.25, 0.3) is 11.6 Å². The van der Waals surface area contributed by atoms with Crippen molar-refractivity contribution in [2.45, 2.75) is 18.9 Å². The minimum atomic E-state index is -0.458. The number of nitrogens with zero attached hydrogens (tertiary/aromatic N) is 4. The third kappa shape index (κ3) is 3.13. The van der Waals surface area contributed by atoms with Crippen molar-refractivity contribution in [3.05, 3.63) is 52.3 Å². The number of piperidine rings is 1. The van der Waals surface area contributed by atoms with Crippen LogP contribution < -0.4 is 5.32 Å². The van der Waals surface area contributed by atoms with Crippen molar-refractivity contribution < 1.29 is 9.72 Å². The van der Waals surface area contributed by atoms with Crippen LogP contribution in [0, 0.1) is 10.1 Å².